The Kier molecular flexibility index (Phi) is 6.99. The molecule has 0 spiro atoms. The molecule has 1 rings (SSSR count). The topological polar surface area (TPSA) is 46.2 Å². The van der Waals surface area contributed by atoms with Crippen molar-refractivity contribution in [3.8, 4) is 0 Å². The van der Waals surface area contributed by atoms with Gasteiger partial charge in [0.25, 0.3) is 0 Å². The molecule has 0 fully saturated rings. The van der Waals surface area contributed by atoms with Gasteiger partial charge in [-0.1, -0.05) is 29.8 Å². The van der Waals surface area contributed by atoms with E-state index in [4.69, 9.17) is 11.6 Å². The summed E-state index contributed by atoms with van der Waals surface area (Å²) in [5.41, 5.74) is -0.125. The number of sulfonamides is 1. The molecule has 0 aliphatic heterocycles. The molecule has 20 heavy (non-hydrogen) atoms. The van der Waals surface area contributed by atoms with Gasteiger partial charge in [-0.15, -0.1) is 11.6 Å². The quantitative estimate of drug-likeness (QED) is 0.624. The maximum atomic E-state index is 12.3. The molecule has 0 aromatic heterocycles. The molecule has 114 valence electrons. The maximum Gasteiger partial charge on any atom is 0.241 e. The van der Waals surface area contributed by atoms with Crippen LogP contribution in [0.3, 0.4) is 0 Å². The van der Waals surface area contributed by atoms with Crippen LogP contribution in [0.1, 0.15) is 26.7 Å². The van der Waals surface area contributed by atoms with Crippen molar-refractivity contribution in [3.63, 3.8) is 0 Å². The Morgan fingerprint density at radius 3 is 2.55 bits per heavy atom. The maximum absolute atomic E-state index is 12.3. The van der Waals surface area contributed by atoms with Gasteiger partial charge in [-0.3, -0.25) is 0 Å². The molecule has 0 bridgehead atoms. The first-order chi connectivity index (χ1) is 9.18. The minimum atomic E-state index is -3.53. The monoisotopic (exact) mass is 445 g/mol. The second-order valence-corrected chi connectivity index (χ2v) is 9.24. The Bertz CT molecular complexity index is 561. The molecule has 1 aromatic carbocycles. The van der Waals surface area contributed by atoms with Crippen LogP contribution in [-0.2, 0) is 10.0 Å². The molecule has 0 unspecified atom stereocenters. The molecule has 0 heterocycles. The molecule has 0 aliphatic carbocycles. The van der Waals surface area contributed by atoms with Gasteiger partial charge in [0.15, 0.2) is 0 Å². The standard InChI is InChI=1S/C13H18Br2ClNO2S/c1-13(2,6-3-7-16)9-17-20(18,19)12-8-10(14)4-5-11(12)15/h4-5,8,17H,3,6-7,9H2,1-2H3. The van der Waals surface area contributed by atoms with Crippen LogP contribution in [0.2, 0.25) is 0 Å². The molecule has 1 aromatic rings. The van der Waals surface area contributed by atoms with Gasteiger partial charge in [-0.2, -0.15) is 0 Å². The van der Waals surface area contributed by atoms with Crippen molar-refractivity contribution in [2.45, 2.75) is 31.6 Å². The number of hydrogen-bond acceptors (Lipinski definition) is 2. The van der Waals surface area contributed by atoms with Crippen LogP contribution in [0.4, 0.5) is 0 Å². The number of rotatable bonds is 7. The fourth-order valence-electron chi connectivity index (χ4n) is 1.69. The Morgan fingerprint density at radius 1 is 1.30 bits per heavy atom. The van der Waals surface area contributed by atoms with Crippen molar-refractivity contribution in [1.29, 1.82) is 0 Å². The zero-order chi connectivity index (χ0) is 15.4. The summed E-state index contributed by atoms with van der Waals surface area (Å²) in [7, 11) is -3.53. The van der Waals surface area contributed by atoms with E-state index in [1.807, 2.05) is 13.8 Å². The molecule has 3 nitrogen and oxygen atoms in total. The van der Waals surface area contributed by atoms with E-state index in [9.17, 15) is 8.42 Å². The van der Waals surface area contributed by atoms with Crippen molar-refractivity contribution in [2.24, 2.45) is 5.41 Å². The number of benzene rings is 1. The van der Waals surface area contributed by atoms with E-state index in [-0.39, 0.29) is 10.3 Å². The van der Waals surface area contributed by atoms with Crippen LogP contribution >= 0.6 is 43.5 Å². The molecule has 1 N–H and O–H groups in total. The lowest BCUT2D eigenvalue weighted by atomic mass is 9.88. The first-order valence-corrected chi connectivity index (χ1v) is 9.79. The Balaban J connectivity index is 2.83. The van der Waals surface area contributed by atoms with Crippen molar-refractivity contribution in [2.75, 3.05) is 12.4 Å². The molecule has 0 saturated heterocycles. The summed E-state index contributed by atoms with van der Waals surface area (Å²) >= 11 is 12.2. The van der Waals surface area contributed by atoms with Crippen molar-refractivity contribution in [3.05, 3.63) is 27.1 Å². The normalized spacial score (nSPS) is 12.7. The third kappa shape index (κ3) is 5.64. The second kappa shape index (κ2) is 7.58. The average Bonchev–Trinajstić information content (AvgIpc) is 2.37. The predicted molar refractivity (Wildman–Crippen MR) is 90.8 cm³/mol. The van der Waals surface area contributed by atoms with Crippen LogP contribution < -0.4 is 4.72 Å². The van der Waals surface area contributed by atoms with Crippen molar-refractivity contribution in [1.82, 2.24) is 4.72 Å². The first-order valence-electron chi connectivity index (χ1n) is 6.19. The van der Waals surface area contributed by atoms with E-state index < -0.39 is 10.0 Å². The highest BCUT2D eigenvalue weighted by Crippen LogP contribution is 2.27. The molecular formula is C13H18Br2ClNO2S. The van der Waals surface area contributed by atoms with Crippen LogP contribution in [0, 0.1) is 5.41 Å². The minimum Gasteiger partial charge on any atom is -0.211 e. The largest absolute Gasteiger partial charge is 0.241 e. The van der Waals surface area contributed by atoms with E-state index in [1.165, 1.54) is 0 Å². The van der Waals surface area contributed by atoms with Gasteiger partial charge >= 0.3 is 0 Å². The van der Waals surface area contributed by atoms with Gasteiger partial charge in [0.1, 0.15) is 0 Å². The number of hydrogen-bond donors (Lipinski definition) is 1. The summed E-state index contributed by atoms with van der Waals surface area (Å²) < 4.78 is 28.6. The van der Waals surface area contributed by atoms with E-state index in [2.05, 4.69) is 36.6 Å². The summed E-state index contributed by atoms with van der Waals surface area (Å²) in [5.74, 6) is 0.591. The summed E-state index contributed by atoms with van der Waals surface area (Å²) in [5, 5.41) is 0. The summed E-state index contributed by atoms with van der Waals surface area (Å²) in [4.78, 5) is 0.236. The van der Waals surface area contributed by atoms with Gasteiger partial charge in [0, 0.05) is 21.4 Å². The van der Waals surface area contributed by atoms with Crippen molar-refractivity contribution < 1.29 is 8.42 Å². The first kappa shape index (κ1) is 18.4. The van der Waals surface area contributed by atoms with E-state index in [0.29, 0.717) is 16.9 Å². The zero-order valence-electron chi connectivity index (χ0n) is 11.4. The Labute approximate surface area is 142 Å². The number of halogens is 3. The second-order valence-electron chi connectivity index (χ2n) is 5.36. The summed E-state index contributed by atoms with van der Waals surface area (Å²) in [6.45, 7) is 4.43. The summed E-state index contributed by atoms with van der Waals surface area (Å²) in [6.07, 6.45) is 1.75. The third-order valence-corrected chi connectivity index (χ3v) is 6.07. The molecular weight excluding hydrogens is 429 g/mol. The Hall–Kier alpha value is 0.380. The van der Waals surface area contributed by atoms with Crippen molar-refractivity contribution >= 4 is 53.5 Å². The van der Waals surface area contributed by atoms with Crippen LogP contribution in [-0.4, -0.2) is 20.8 Å². The van der Waals surface area contributed by atoms with E-state index in [0.717, 1.165) is 17.3 Å². The van der Waals surface area contributed by atoms with Gasteiger partial charge in [-0.05, 0) is 52.4 Å². The third-order valence-electron chi connectivity index (χ3n) is 2.91. The highest BCUT2D eigenvalue weighted by atomic mass is 79.9. The zero-order valence-corrected chi connectivity index (χ0v) is 16.2. The lowest BCUT2D eigenvalue weighted by molar-refractivity contribution is 0.331. The predicted octanol–water partition coefficient (Wildman–Crippen LogP) is 4.54. The molecule has 0 atom stereocenters. The van der Waals surface area contributed by atoms with Gasteiger partial charge < -0.3 is 0 Å². The highest BCUT2D eigenvalue weighted by Gasteiger charge is 2.23. The average molecular weight is 448 g/mol. The van der Waals surface area contributed by atoms with Crippen LogP contribution in [0.15, 0.2) is 32.0 Å². The Morgan fingerprint density at radius 2 is 1.95 bits per heavy atom. The minimum absolute atomic E-state index is 0.125. The van der Waals surface area contributed by atoms with Crippen LogP contribution in [0.5, 0.6) is 0 Å². The lowest BCUT2D eigenvalue weighted by Crippen LogP contribution is -2.34. The fraction of sp³-hybridized carbons (Fsp3) is 0.538. The summed E-state index contributed by atoms with van der Waals surface area (Å²) in [6, 6.07) is 5.07. The van der Waals surface area contributed by atoms with E-state index >= 15 is 0 Å². The number of alkyl halides is 1. The van der Waals surface area contributed by atoms with Gasteiger partial charge in [0.05, 0.1) is 4.90 Å². The molecule has 0 radical (unpaired) electrons. The highest BCUT2D eigenvalue weighted by molar-refractivity contribution is 9.11. The smallest absolute Gasteiger partial charge is 0.211 e. The fourth-order valence-corrected chi connectivity index (χ4v) is 4.56. The SMILES string of the molecule is CC(C)(CCCCl)CNS(=O)(=O)c1cc(Br)ccc1Br. The molecule has 0 aliphatic rings. The van der Waals surface area contributed by atoms with Crippen LogP contribution in [0.25, 0.3) is 0 Å². The molecule has 0 amide bonds. The van der Waals surface area contributed by atoms with Gasteiger partial charge in [0.2, 0.25) is 10.0 Å². The van der Waals surface area contributed by atoms with Gasteiger partial charge in [-0.25, -0.2) is 13.1 Å². The molecule has 0 saturated carbocycles. The lowest BCUT2D eigenvalue weighted by Gasteiger charge is -2.24. The van der Waals surface area contributed by atoms with E-state index in [1.54, 1.807) is 18.2 Å². The number of nitrogens with one attached hydrogen (secondary N) is 1. The molecule has 7 heteroatoms.